The van der Waals surface area contributed by atoms with Crippen molar-refractivity contribution < 1.29 is 9.21 Å². The monoisotopic (exact) mass is 387 g/mol. The predicted molar refractivity (Wildman–Crippen MR) is 108 cm³/mol. The number of hydrogen-bond donors (Lipinski definition) is 0. The third kappa shape index (κ3) is 3.19. The van der Waals surface area contributed by atoms with Gasteiger partial charge >= 0.3 is 0 Å². The van der Waals surface area contributed by atoms with Crippen molar-refractivity contribution in [3.05, 3.63) is 78.8 Å². The van der Waals surface area contributed by atoms with Crippen LogP contribution in [0.1, 0.15) is 22.3 Å². The minimum Gasteiger partial charge on any atom is -0.459 e. The molecule has 4 aromatic heterocycles. The van der Waals surface area contributed by atoms with Crippen LogP contribution in [0, 0.1) is 0 Å². The molecule has 0 radical (unpaired) electrons. The largest absolute Gasteiger partial charge is 0.459 e. The Kier molecular flexibility index (Phi) is 4.37. The molecular weight excluding hydrogens is 366 g/mol. The summed E-state index contributed by atoms with van der Waals surface area (Å²) in [6, 6.07) is 13.5. The van der Waals surface area contributed by atoms with E-state index < -0.39 is 0 Å². The summed E-state index contributed by atoms with van der Waals surface area (Å²) in [6.07, 6.45) is 7.19. The molecule has 1 saturated heterocycles. The Hall–Kier alpha value is -3.45. The molecular formula is C22H21N5O2. The Balaban J connectivity index is 1.49. The number of carbonyl (C=O) groups excluding carboxylic acids is 1. The number of amides is 1. The van der Waals surface area contributed by atoms with E-state index in [-0.39, 0.29) is 11.9 Å². The molecule has 1 amide bonds. The van der Waals surface area contributed by atoms with Gasteiger partial charge in [-0.3, -0.25) is 19.1 Å². The zero-order chi connectivity index (χ0) is 19.8. The van der Waals surface area contributed by atoms with Crippen LogP contribution in [-0.4, -0.2) is 56.8 Å². The van der Waals surface area contributed by atoms with Gasteiger partial charge in [-0.05, 0) is 43.4 Å². The molecule has 0 spiro atoms. The summed E-state index contributed by atoms with van der Waals surface area (Å²) in [7, 11) is 2.08. The number of piperazine rings is 1. The van der Waals surface area contributed by atoms with Gasteiger partial charge in [0, 0.05) is 43.8 Å². The van der Waals surface area contributed by atoms with Gasteiger partial charge in [-0.15, -0.1) is 0 Å². The average molecular weight is 387 g/mol. The Labute approximate surface area is 168 Å². The van der Waals surface area contributed by atoms with E-state index in [0.29, 0.717) is 18.8 Å². The molecule has 4 aromatic rings. The summed E-state index contributed by atoms with van der Waals surface area (Å²) in [5, 5.41) is 0. The molecule has 7 nitrogen and oxygen atoms in total. The molecule has 0 bridgehead atoms. The molecule has 1 atom stereocenters. The van der Waals surface area contributed by atoms with Gasteiger partial charge in [0.2, 0.25) is 0 Å². The zero-order valence-electron chi connectivity index (χ0n) is 16.1. The number of imidazole rings is 1. The highest BCUT2D eigenvalue weighted by Crippen LogP contribution is 2.27. The first-order chi connectivity index (χ1) is 14.2. The maximum Gasteiger partial charge on any atom is 0.289 e. The van der Waals surface area contributed by atoms with Crippen molar-refractivity contribution in [3.63, 3.8) is 0 Å². The van der Waals surface area contributed by atoms with Crippen molar-refractivity contribution in [1.29, 1.82) is 0 Å². The highest BCUT2D eigenvalue weighted by molar-refractivity contribution is 5.91. The van der Waals surface area contributed by atoms with Gasteiger partial charge in [0.1, 0.15) is 5.65 Å². The van der Waals surface area contributed by atoms with Gasteiger partial charge in [-0.25, -0.2) is 4.98 Å². The molecule has 0 aromatic carbocycles. The third-order valence-electron chi connectivity index (χ3n) is 5.50. The first kappa shape index (κ1) is 17.6. The highest BCUT2D eigenvalue weighted by Gasteiger charge is 2.31. The minimum atomic E-state index is -0.0747. The van der Waals surface area contributed by atoms with Crippen molar-refractivity contribution in [1.82, 2.24) is 24.2 Å². The molecule has 1 unspecified atom stereocenters. The molecule has 5 heterocycles. The Bertz CT molecular complexity index is 1140. The van der Waals surface area contributed by atoms with Gasteiger partial charge in [-0.2, -0.15) is 0 Å². The number of likely N-dealkylation sites (N-methyl/N-ethyl adjacent to an activating group) is 1. The number of fused-ring (bicyclic) bond motifs is 1. The van der Waals surface area contributed by atoms with E-state index >= 15 is 0 Å². The van der Waals surface area contributed by atoms with Crippen molar-refractivity contribution in [2.75, 3.05) is 26.7 Å². The van der Waals surface area contributed by atoms with E-state index in [4.69, 9.17) is 9.40 Å². The molecule has 29 heavy (non-hydrogen) atoms. The zero-order valence-corrected chi connectivity index (χ0v) is 16.1. The van der Waals surface area contributed by atoms with Crippen LogP contribution in [0.25, 0.3) is 16.9 Å². The van der Waals surface area contributed by atoms with Gasteiger partial charge < -0.3 is 9.32 Å². The fourth-order valence-electron chi connectivity index (χ4n) is 3.88. The van der Waals surface area contributed by atoms with E-state index in [0.717, 1.165) is 29.1 Å². The molecule has 5 rings (SSSR count). The smallest absolute Gasteiger partial charge is 0.289 e. The second-order valence-electron chi connectivity index (χ2n) is 7.27. The molecule has 1 aliphatic heterocycles. The lowest BCUT2D eigenvalue weighted by molar-refractivity contribution is 0.0512. The second-order valence-corrected chi connectivity index (χ2v) is 7.27. The summed E-state index contributed by atoms with van der Waals surface area (Å²) in [4.78, 5) is 25.8. The van der Waals surface area contributed by atoms with Crippen molar-refractivity contribution in [2.24, 2.45) is 0 Å². The number of carbonyl (C=O) groups is 1. The fraction of sp³-hybridized carbons (Fsp3) is 0.227. The van der Waals surface area contributed by atoms with E-state index in [9.17, 15) is 4.79 Å². The standard InChI is InChI=1S/C22H21N5O2/c1-25-11-12-26(22(28)20-5-3-13-29-20)15-19(25)17-14-27-18(4-2-6-21(27)24-17)16-7-9-23-10-8-16/h2-10,13-14,19H,11-12,15H2,1H3. The van der Waals surface area contributed by atoms with Crippen LogP contribution in [0.5, 0.6) is 0 Å². The van der Waals surface area contributed by atoms with Crippen LogP contribution in [0.4, 0.5) is 0 Å². The average Bonchev–Trinajstić information content (AvgIpc) is 3.44. The van der Waals surface area contributed by atoms with Gasteiger partial charge in [0.05, 0.1) is 23.7 Å². The molecule has 0 aliphatic carbocycles. The lowest BCUT2D eigenvalue weighted by Crippen LogP contribution is -2.49. The van der Waals surface area contributed by atoms with E-state index in [1.807, 2.05) is 29.2 Å². The Morgan fingerprint density at radius 2 is 1.97 bits per heavy atom. The van der Waals surface area contributed by atoms with E-state index in [1.165, 1.54) is 6.26 Å². The topological polar surface area (TPSA) is 66.9 Å². The molecule has 0 N–H and O–H groups in total. The third-order valence-corrected chi connectivity index (χ3v) is 5.50. The van der Waals surface area contributed by atoms with Crippen LogP contribution in [0.15, 0.2) is 71.7 Å². The second kappa shape index (κ2) is 7.18. The van der Waals surface area contributed by atoms with Crippen molar-refractivity contribution >= 4 is 11.6 Å². The summed E-state index contributed by atoms with van der Waals surface area (Å²) < 4.78 is 7.40. The lowest BCUT2D eigenvalue weighted by atomic mass is 10.1. The first-order valence-corrected chi connectivity index (χ1v) is 9.62. The number of hydrogen-bond acceptors (Lipinski definition) is 5. The number of rotatable bonds is 3. The van der Waals surface area contributed by atoms with Crippen molar-refractivity contribution in [3.8, 4) is 11.3 Å². The predicted octanol–water partition coefficient (Wildman–Crippen LogP) is 3.12. The molecule has 0 saturated carbocycles. The minimum absolute atomic E-state index is 0.0212. The molecule has 7 heteroatoms. The van der Waals surface area contributed by atoms with Crippen LogP contribution in [0.2, 0.25) is 0 Å². The fourth-order valence-corrected chi connectivity index (χ4v) is 3.88. The van der Waals surface area contributed by atoms with E-state index in [1.54, 1.807) is 24.5 Å². The Morgan fingerprint density at radius 1 is 1.10 bits per heavy atom. The van der Waals surface area contributed by atoms with Crippen LogP contribution < -0.4 is 0 Å². The van der Waals surface area contributed by atoms with E-state index in [2.05, 4.69) is 33.6 Å². The number of furan rings is 1. The van der Waals surface area contributed by atoms with Crippen LogP contribution >= 0.6 is 0 Å². The number of pyridine rings is 2. The number of nitrogens with zero attached hydrogens (tertiary/aromatic N) is 5. The molecule has 146 valence electrons. The van der Waals surface area contributed by atoms with Gasteiger partial charge in [0.15, 0.2) is 5.76 Å². The highest BCUT2D eigenvalue weighted by atomic mass is 16.3. The summed E-state index contributed by atoms with van der Waals surface area (Å²) in [5.74, 6) is 0.303. The summed E-state index contributed by atoms with van der Waals surface area (Å²) >= 11 is 0. The lowest BCUT2D eigenvalue weighted by Gasteiger charge is -2.38. The van der Waals surface area contributed by atoms with Gasteiger partial charge in [0.25, 0.3) is 5.91 Å². The SMILES string of the molecule is CN1CCN(C(=O)c2ccco2)CC1c1cn2c(-c3ccncc3)cccc2n1. The maximum atomic E-state index is 12.7. The molecule has 1 fully saturated rings. The van der Waals surface area contributed by atoms with Crippen LogP contribution in [-0.2, 0) is 0 Å². The van der Waals surface area contributed by atoms with Gasteiger partial charge in [-0.1, -0.05) is 6.07 Å². The molecule has 1 aliphatic rings. The van der Waals surface area contributed by atoms with Crippen molar-refractivity contribution in [2.45, 2.75) is 6.04 Å². The first-order valence-electron chi connectivity index (χ1n) is 9.62. The summed E-state index contributed by atoms with van der Waals surface area (Å²) in [5.41, 5.74) is 3.98. The quantitative estimate of drug-likeness (QED) is 0.540. The van der Waals surface area contributed by atoms with Crippen LogP contribution in [0.3, 0.4) is 0 Å². The number of aromatic nitrogens is 3. The summed E-state index contributed by atoms with van der Waals surface area (Å²) in [6.45, 7) is 2.02. The normalized spacial score (nSPS) is 17.7. The maximum absolute atomic E-state index is 12.7. The Morgan fingerprint density at radius 3 is 2.76 bits per heavy atom.